The summed E-state index contributed by atoms with van der Waals surface area (Å²) in [4.78, 5) is 14.7. The van der Waals surface area contributed by atoms with E-state index in [-0.39, 0.29) is 0 Å². The second-order valence-corrected chi connectivity index (χ2v) is 9.61. The predicted molar refractivity (Wildman–Crippen MR) is 165 cm³/mol. The van der Waals surface area contributed by atoms with E-state index in [9.17, 15) is 0 Å². The molecule has 0 spiro atoms. The Kier molecular flexibility index (Phi) is 5.68. The van der Waals surface area contributed by atoms with E-state index in [4.69, 9.17) is 20.7 Å². The Labute approximate surface area is 231 Å². The summed E-state index contributed by atoms with van der Waals surface area (Å²) >= 11 is 0. The largest absolute Gasteiger partial charge is 0.398 e. The lowest BCUT2D eigenvalue weighted by molar-refractivity contribution is 1.07. The molecule has 5 nitrogen and oxygen atoms in total. The van der Waals surface area contributed by atoms with Gasteiger partial charge in [-0.25, -0.2) is 15.0 Å². The lowest BCUT2D eigenvalue weighted by atomic mass is 10.1. The average Bonchev–Trinajstić information content (AvgIpc) is 3.37. The van der Waals surface area contributed by atoms with Crippen LogP contribution in [0.4, 0.5) is 5.69 Å². The maximum absolute atomic E-state index is 6.64. The third kappa shape index (κ3) is 3.92. The van der Waals surface area contributed by atoms with Gasteiger partial charge >= 0.3 is 0 Å². The highest BCUT2D eigenvalue weighted by Crippen LogP contribution is 2.38. The number of anilines is 1. The third-order valence-electron chi connectivity index (χ3n) is 7.19. The van der Waals surface area contributed by atoms with E-state index in [0.29, 0.717) is 17.5 Å². The third-order valence-corrected chi connectivity index (χ3v) is 7.19. The second-order valence-electron chi connectivity index (χ2n) is 9.61. The number of nitrogens with zero attached hydrogens (tertiary/aromatic N) is 4. The number of hydrogen-bond donors (Lipinski definition) is 1. The summed E-state index contributed by atoms with van der Waals surface area (Å²) in [5.74, 6) is 1.89. The van der Waals surface area contributed by atoms with E-state index in [2.05, 4.69) is 47.5 Å². The van der Waals surface area contributed by atoms with Crippen LogP contribution in [0.25, 0.3) is 67.7 Å². The van der Waals surface area contributed by atoms with E-state index in [1.54, 1.807) is 6.08 Å². The van der Waals surface area contributed by atoms with Gasteiger partial charge in [0.2, 0.25) is 0 Å². The molecule has 0 bridgehead atoms. The Morgan fingerprint density at radius 2 is 1.15 bits per heavy atom. The molecule has 40 heavy (non-hydrogen) atoms. The summed E-state index contributed by atoms with van der Waals surface area (Å²) in [5.41, 5.74) is 14.2. The first-order chi connectivity index (χ1) is 19.7. The van der Waals surface area contributed by atoms with E-state index in [1.165, 1.54) is 0 Å². The van der Waals surface area contributed by atoms with Crippen molar-refractivity contribution in [1.82, 2.24) is 19.5 Å². The SMILES string of the molecule is C=Cc1ccc2c(c1N)c1ccccc1n2-c1cccc(-c2nc(-c3ccccc3)nc(-c3ccccc3)n2)c1. The molecule has 5 heteroatoms. The van der Waals surface area contributed by atoms with Crippen molar-refractivity contribution in [3.8, 4) is 39.9 Å². The number of nitrogen functional groups attached to an aromatic ring is 1. The Morgan fingerprint density at radius 1 is 0.575 bits per heavy atom. The number of hydrogen-bond acceptors (Lipinski definition) is 4. The lowest BCUT2D eigenvalue weighted by Gasteiger charge is -2.12. The summed E-state index contributed by atoms with van der Waals surface area (Å²) in [6.07, 6.45) is 1.80. The van der Waals surface area contributed by atoms with Crippen molar-refractivity contribution in [3.05, 3.63) is 133 Å². The standard InChI is InChI=1S/C35H25N5/c1-2-23-20-21-30-31(32(23)36)28-18-9-10-19-29(28)40(30)27-17-11-16-26(22-27)35-38-33(24-12-5-3-6-13-24)37-34(39-35)25-14-7-4-8-15-25/h2-22H,1,36H2. The average molecular weight is 516 g/mol. The maximum Gasteiger partial charge on any atom is 0.164 e. The molecule has 0 radical (unpaired) electrons. The number of rotatable bonds is 5. The number of nitrogens with two attached hydrogens (primary N) is 1. The maximum atomic E-state index is 6.64. The zero-order chi connectivity index (χ0) is 27.1. The zero-order valence-electron chi connectivity index (χ0n) is 21.7. The van der Waals surface area contributed by atoms with Crippen LogP contribution in [0.2, 0.25) is 0 Å². The molecule has 7 rings (SSSR count). The smallest absolute Gasteiger partial charge is 0.164 e. The molecule has 0 saturated carbocycles. The van der Waals surface area contributed by atoms with Gasteiger partial charge in [0.05, 0.1) is 11.0 Å². The topological polar surface area (TPSA) is 69.6 Å². The predicted octanol–water partition coefficient (Wildman–Crippen LogP) is 8.19. The van der Waals surface area contributed by atoms with Gasteiger partial charge in [0, 0.05) is 38.8 Å². The van der Waals surface area contributed by atoms with E-state index < -0.39 is 0 Å². The van der Waals surface area contributed by atoms with Gasteiger partial charge in [-0.1, -0.05) is 110 Å². The first-order valence-electron chi connectivity index (χ1n) is 13.1. The molecule has 2 heterocycles. The van der Waals surface area contributed by atoms with Gasteiger partial charge in [-0.3, -0.25) is 0 Å². The number of para-hydroxylation sites is 1. The molecule has 0 aliphatic heterocycles. The van der Waals surface area contributed by atoms with Gasteiger partial charge in [-0.2, -0.15) is 0 Å². The monoisotopic (exact) mass is 515 g/mol. The number of aromatic nitrogens is 4. The summed E-state index contributed by atoms with van der Waals surface area (Å²) < 4.78 is 2.24. The molecule has 5 aromatic carbocycles. The summed E-state index contributed by atoms with van der Waals surface area (Å²) in [6.45, 7) is 3.94. The minimum Gasteiger partial charge on any atom is -0.398 e. The molecule has 0 unspecified atom stereocenters. The molecule has 0 amide bonds. The van der Waals surface area contributed by atoms with Crippen molar-refractivity contribution in [3.63, 3.8) is 0 Å². The number of fused-ring (bicyclic) bond motifs is 3. The van der Waals surface area contributed by atoms with Gasteiger partial charge in [0.1, 0.15) is 0 Å². The Balaban J connectivity index is 1.45. The fraction of sp³-hybridized carbons (Fsp3) is 0. The van der Waals surface area contributed by atoms with Crippen molar-refractivity contribution >= 4 is 33.6 Å². The van der Waals surface area contributed by atoms with E-state index >= 15 is 0 Å². The molecule has 2 N–H and O–H groups in total. The van der Waals surface area contributed by atoms with E-state index in [0.717, 1.165) is 55.4 Å². The Hall–Kier alpha value is -5.55. The van der Waals surface area contributed by atoms with Crippen LogP contribution in [0.15, 0.2) is 128 Å². The molecule has 0 aliphatic rings. The van der Waals surface area contributed by atoms with Crippen LogP contribution in [-0.4, -0.2) is 19.5 Å². The van der Waals surface area contributed by atoms with E-state index in [1.807, 2.05) is 84.9 Å². The molecular formula is C35H25N5. The molecule has 0 saturated heterocycles. The first-order valence-corrected chi connectivity index (χ1v) is 13.1. The minimum atomic E-state index is 0.615. The molecule has 7 aromatic rings. The van der Waals surface area contributed by atoms with Crippen molar-refractivity contribution in [1.29, 1.82) is 0 Å². The molecule has 0 aliphatic carbocycles. The molecular weight excluding hydrogens is 490 g/mol. The molecule has 0 fully saturated rings. The van der Waals surface area contributed by atoms with Gasteiger partial charge < -0.3 is 10.3 Å². The van der Waals surface area contributed by atoms with Crippen molar-refractivity contribution in [2.45, 2.75) is 0 Å². The summed E-state index contributed by atoms with van der Waals surface area (Å²) in [7, 11) is 0. The highest BCUT2D eigenvalue weighted by atomic mass is 15.0. The van der Waals surface area contributed by atoms with Crippen molar-refractivity contribution in [2.75, 3.05) is 5.73 Å². The van der Waals surface area contributed by atoms with Crippen LogP contribution in [0.3, 0.4) is 0 Å². The highest BCUT2D eigenvalue weighted by Gasteiger charge is 2.17. The van der Waals surface area contributed by atoms with Crippen LogP contribution in [0.1, 0.15) is 5.56 Å². The lowest BCUT2D eigenvalue weighted by Crippen LogP contribution is -2.01. The first kappa shape index (κ1) is 23.6. The van der Waals surface area contributed by atoms with Crippen molar-refractivity contribution < 1.29 is 0 Å². The van der Waals surface area contributed by atoms with Gasteiger partial charge in [0.25, 0.3) is 0 Å². The summed E-state index contributed by atoms with van der Waals surface area (Å²) in [5, 5.41) is 2.12. The minimum absolute atomic E-state index is 0.615. The Bertz CT molecular complexity index is 1970. The van der Waals surface area contributed by atoms with Crippen LogP contribution in [-0.2, 0) is 0 Å². The Morgan fingerprint density at radius 3 is 1.80 bits per heavy atom. The van der Waals surface area contributed by atoms with Crippen LogP contribution >= 0.6 is 0 Å². The molecule has 0 atom stereocenters. The normalized spacial score (nSPS) is 11.2. The van der Waals surface area contributed by atoms with Crippen LogP contribution in [0, 0.1) is 0 Å². The summed E-state index contributed by atoms with van der Waals surface area (Å²) in [6, 6.07) is 40.8. The van der Waals surface area contributed by atoms with Crippen molar-refractivity contribution in [2.24, 2.45) is 0 Å². The second kappa shape index (κ2) is 9.64. The van der Waals surface area contributed by atoms with Crippen LogP contribution in [0.5, 0.6) is 0 Å². The van der Waals surface area contributed by atoms with Gasteiger partial charge in [-0.05, 0) is 29.8 Å². The zero-order valence-corrected chi connectivity index (χ0v) is 21.7. The van der Waals surface area contributed by atoms with Gasteiger partial charge in [-0.15, -0.1) is 0 Å². The fourth-order valence-corrected chi connectivity index (χ4v) is 5.28. The molecule has 2 aromatic heterocycles. The quantitative estimate of drug-likeness (QED) is 0.235. The van der Waals surface area contributed by atoms with Gasteiger partial charge in [0.15, 0.2) is 17.5 Å². The highest BCUT2D eigenvalue weighted by molar-refractivity contribution is 6.15. The molecule has 190 valence electrons. The van der Waals surface area contributed by atoms with Crippen LogP contribution < -0.4 is 5.73 Å². The fourth-order valence-electron chi connectivity index (χ4n) is 5.28. The number of benzene rings is 5.